The Morgan fingerprint density at radius 3 is 2.83 bits per heavy atom. The van der Waals surface area contributed by atoms with E-state index in [9.17, 15) is 13.6 Å². The van der Waals surface area contributed by atoms with Crippen molar-refractivity contribution in [1.29, 1.82) is 0 Å². The van der Waals surface area contributed by atoms with Crippen LogP contribution in [0.25, 0.3) is 0 Å². The molecular formula is C16H17F2N3O2. The minimum absolute atomic E-state index is 0.0704. The predicted octanol–water partition coefficient (Wildman–Crippen LogP) is 2.33. The summed E-state index contributed by atoms with van der Waals surface area (Å²) in [5.74, 6) is -1.11. The SMILES string of the molecule is CN1c2cc(OCc3cccc(F)c3F)nc(=O)n2CC1(C)C. The summed E-state index contributed by atoms with van der Waals surface area (Å²) in [6.07, 6.45) is 0. The number of anilines is 1. The van der Waals surface area contributed by atoms with E-state index in [1.807, 2.05) is 25.8 Å². The third kappa shape index (κ3) is 2.67. The first-order chi connectivity index (χ1) is 10.8. The van der Waals surface area contributed by atoms with Gasteiger partial charge in [0.2, 0.25) is 5.88 Å². The maximum Gasteiger partial charge on any atom is 0.352 e. The van der Waals surface area contributed by atoms with Crippen LogP contribution in [0, 0.1) is 11.6 Å². The lowest BCUT2D eigenvalue weighted by atomic mass is 10.1. The van der Waals surface area contributed by atoms with Gasteiger partial charge in [0.25, 0.3) is 0 Å². The van der Waals surface area contributed by atoms with Crippen LogP contribution in [0.2, 0.25) is 0 Å². The van der Waals surface area contributed by atoms with E-state index in [1.54, 1.807) is 10.6 Å². The summed E-state index contributed by atoms with van der Waals surface area (Å²) in [5.41, 5.74) is -0.558. The molecule has 23 heavy (non-hydrogen) atoms. The van der Waals surface area contributed by atoms with E-state index in [0.717, 1.165) is 6.07 Å². The van der Waals surface area contributed by atoms with E-state index < -0.39 is 17.3 Å². The lowest BCUT2D eigenvalue weighted by molar-refractivity contribution is 0.283. The van der Waals surface area contributed by atoms with Crippen molar-refractivity contribution in [2.75, 3.05) is 11.9 Å². The average molecular weight is 321 g/mol. The summed E-state index contributed by atoms with van der Waals surface area (Å²) in [4.78, 5) is 17.9. The van der Waals surface area contributed by atoms with Crippen molar-refractivity contribution in [2.45, 2.75) is 32.5 Å². The van der Waals surface area contributed by atoms with Gasteiger partial charge in [-0.1, -0.05) is 12.1 Å². The topological polar surface area (TPSA) is 47.4 Å². The molecule has 1 aromatic carbocycles. The molecule has 0 saturated heterocycles. The van der Waals surface area contributed by atoms with Crippen molar-refractivity contribution in [1.82, 2.24) is 9.55 Å². The molecule has 0 amide bonds. The van der Waals surface area contributed by atoms with Gasteiger partial charge in [0, 0.05) is 18.7 Å². The standard InChI is InChI=1S/C16H17F2N3O2/c1-16(2)9-21-13(20(16)3)7-12(19-15(21)22)23-8-10-5-4-6-11(17)14(10)18/h4-7H,8-9H2,1-3H3. The van der Waals surface area contributed by atoms with Crippen LogP contribution >= 0.6 is 0 Å². The Morgan fingerprint density at radius 1 is 1.35 bits per heavy atom. The van der Waals surface area contributed by atoms with E-state index in [4.69, 9.17) is 4.74 Å². The second-order valence-electron chi connectivity index (χ2n) is 6.19. The van der Waals surface area contributed by atoms with Gasteiger partial charge in [0.05, 0.1) is 12.1 Å². The molecule has 0 aliphatic carbocycles. The Hall–Kier alpha value is -2.44. The molecule has 0 bridgehead atoms. The number of ether oxygens (including phenoxy) is 1. The molecule has 1 aliphatic rings. The smallest absolute Gasteiger partial charge is 0.352 e. The highest BCUT2D eigenvalue weighted by atomic mass is 19.2. The van der Waals surface area contributed by atoms with Crippen molar-refractivity contribution < 1.29 is 13.5 Å². The molecule has 0 spiro atoms. The van der Waals surface area contributed by atoms with Crippen LogP contribution in [0.15, 0.2) is 29.1 Å². The Kier molecular flexibility index (Phi) is 3.58. The normalized spacial score (nSPS) is 15.6. The quantitative estimate of drug-likeness (QED) is 0.870. The first kappa shape index (κ1) is 15.5. The molecule has 1 aliphatic heterocycles. The zero-order valence-electron chi connectivity index (χ0n) is 13.1. The number of nitrogens with zero attached hydrogens (tertiary/aromatic N) is 3. The van der Waals surface area contributed by atoms with E-state index in [0.29, 0.717) is 12.4 Å². The van der Waals surface area contributed by atoms with Crippen LogP contribution in [-0.2, 0) is 13.2 Å². The Labute approximate surface area is 132 Å². The number of halogens is 2. The van der Waals surface area contributed by atoms with Gasteiger partial charge in [0.1, 0.15) is 12.4 Å². The minimum Gasteiger partial charge on any atom is -0.472 e. The monoisotopic (exact) mass is 321 g/mol. The summed E-state index contributed by atoms with van der Waals surface area (Å²) in [7, 11) is 1.88. The lowest BCUT2D eigenvalue weighted by Crippen LogP contribution is -2.38. The summed E-state index contributed by atoms with van der Waals surface area (Å²) >= 11 is 0. The summed E-state index contributed by atoms with van der Waals surface area (Å²) in [6, 6.07) is 5.50. The van der Waals surface area contributed by atoms with Crippen LogP contribution in [0.5, 0.6) is 5.88 Å². The molecule has 0 radical (unpaired) electrons. The highest BCUT2D eigenvalue weighted by molar-refractivity contribution is 5.47. The number of likely N-dealkylation sites (N-methyl/N-ethyl adjacent to an activating group) is 1. The third-order valence-electron chi connectivity index (χ3n) is 4.17. The zero-order chi connectivity index (χ0) is 16.8. The number of hydrogen-bond acceptors (Lipinski definition) is 4. The second kappa shape index (κ2) is 5.33. The van der Waals surface area contributed by atoms with Gasteiger partial charge >= 0.3 is 5.69 Å². The molecule has 122 valence electrons. The molecule has 0 atom stereocenters. The highest BCUT2D eigenvalue weighted by Gasteiger charge is 2.34. The molecule has 3 rings (SSSR count). The van der Waals surface area contributed by atoms with Crippen molar-refractivity contribution in [3.8, 4) is 5.88 Å². The van der Waals surface area contributed by atoms with Gasteiger partial charge < -0.3 is 9.64 Å². The van der Waals surface area contributed by atoms with Crippen molar-refractivity contribution >= 4 is 5.82 Å². The molecule has 0 fully saturated rings. The number of rotatable bonds is 3. The van der Waals surface area contributed by atoms with Crippen LogP contribution < -0.4 is 15.3 Å². The van der Waals surface area contributed by atoms with E-state index >= 15 is 0 Å². The fourth-order valence-corrected chi connectivity index (χ4v) is 2.59. The van der Waals surface area contributed by atoms with Crippen molar-refractivity contribution in [2.24, 2.45) is 0 Å². The molecule has 0 unspecified atom stereocenters. The lowest BCUT2D eigenvalue weighted by Gasteiger charge is -2.28. The first-order valence-electron chi connectivity index (χ1n) is 7.21. The van der Waals surface area contributed by atoms with E-state index in [-0.39, 0.29) is 23.6 Å². The summed E-state index contributed by atoms with van der Waals surface area (Å²) in [6.45, 7) is 4.36. The van der Waals surface area contributed by atoms with Crippen LogP contribution in [-0.4, -0.2) is 22.1 Å². The third-order valence-corrected chi connectivity index (χ3v) is 4.17. The Morgan fingerprint density at radius 2 is 2.09 bits per heavy atom. The van der Waals surface area contributed by atoms with Gasteiger partial charge in [0.15, 0.2) is 11.6 Å². The molecule has 2 heterocycles. The van der Waals surface area contributed by atoms with Gasteiger partial charge in [-0.2, -0.15) is 4.98 Å². The molecule has 5 nitrogen and oxygen atoms in total. The Bertz CT molecular complexity index is 817. The molecule has 2 aromatic rings. The number of benzene rings is 1. The number of fused-ring (bicyclic) bond motifs is 1. The van der Waals surface area contributed by atoms with Gasteiger partial charge in [-0.25, -0.2) is 13.6 Å². The van der Waals surface area contributed by atoms with E-state index in [1.165, 1.54) is 12.1 Å². The zero-order valence-corrected chi connectivity index (χ0v) is 13.1. The van der Waals surface area contributed by atoms with Gasteiger partial charge in [-0.3, -0.25) is 4.57 Å². The van der Waals surface area contributed by atoms with Crippen LogP contribution in [0.3, 0.4) is 0 Å². The molecule has 7 heteroatoms. The summed E-state index contributed by atoms with van der Waals surface area (Å²) in [5, 5.41) is 0. The minimum atomic E-state index is -0.955. The van der Waals surface area contributed by atoms with Gasteiger partial charge in [-0.15, -0.1) is 0 Å². The average Bonchev–Trinajstić information content (AvgIpc) is 2.72. The number of aromatic nitrogens is 2. The fraction of sp³-hybridized carbons (Fsp3) is 0.375. The molecular weight excluding hydrogens is 304 g/mol. The fourth-order valence-electron chi connectivity index (χ4n) is 2.59. The predicted molar refractivity (Wildman–Crippen MR) is 81.7 cm³/mol. The molecule has 0 N–H and O–H groups in total. The maximum atomic E-state index is 13.6. The first-order valence-corrected chi connectivity index (χ1v) is 7.21. The van der Waals surface area contributed by atoms with Crippen LogP contribution in [0.1, 0.15) is 19.4 Å². The summed E-state index contributed by atoms with van der Waals surface area (Å²) < 4.78 is 33.8. The molecule has 0 saturated carbocycles. The largest absolute Gasteiger partial charge is 0.472 e. The maximum absolute atomic E-state index is 13.6. The number of hydrogen-bond donors (Lipinski definition) is 0. The molecule has 1 aromatic heterocycles. The van der Waals surface area contributed by atoms with Crippen LogP contribution in [0.4, 0.5) is 14.6 Å². The Balaban J connectivity index is 1.86. The van der Waals surface area contributed by atoms with Crippen molar-refractivity contribution in [3.05, 3.63) is 51.9 Å². The van der Waals surface area contributed by atoms with E-state index in [2.05, 4.69) is 4.98 Å². The van der Waals surface area contributed by atoms with Crippen molar-refractivity contribution in [3.63, 3.8) is 0 Å². The van der Waals surface area contributed by atoms with Gasteiger partial charge in [-0.05, 0) is 19.9 Å². The second-order valence-corrected chi connectivity index (χ2v) is 6.19. The highest BCUT2D eigenvalue weighted by Crippen LogP contribution is 2.31.